The van der Waals surface area contributed by atoms with Gasteiger partial charge in [0, 0.05) is 31.9 Å². The molecule has 10 heteroatoms. The standard InChI is InChI=1S/C22H26F3N3O3S/c1-16-7-8-17(2)20(13-16)28(32(3,30)31)15-21(29)27-11-9-26(10-12-27)19-6-4-5-18(14-19)22(23,24)25/h4-8,13-14H,9-12,15H2,1-3H3. The molecule has 1 fully saturated rings. The summed E-state index contributed by atoms with van der Waals surface area (Å²) in [5.74, 6) is -0.347. The summed E-state index contributed by atoms with van der Waals surface area (Å²) in [6.45, 7) is 4.60. The molecule has 6 nitrogen and oxygen atoms in total. The van der Waals surface area contributed by atoms with Gasteiger partial charge >= 0.3 is 6.18 Å². The van der Waals surface area contributed by atoms with Gasteiger partial charge in [-0.15, -0.1) is 0 Å². The van der Waals surface area contributed by atoms with Crippen LogP contribution in [0.25, 0.3) is 0 Å². The molecule has 0 atom stereocenters. The monoisotopic (exact) mass is 469 g/mol. The van der Waals surface area contributed by atoms with Crippen LogP contribution >= 0.6 is 0 Å². The third kappa shape index (κ3) is 5.53. The van der Waals surface area contributed by atoms with Gasteiger partial charge in [0.15, 0.2) is 0 Å². The van der Waals surface area contributed by atoms with Crippen molar-refractivity contribution >= 4 is 27.3 Å². The van der Waals surface area contributed by atoms with E-state index in [1.807, 2.05) is 13.0 Å². The van der Waals surface area contributed by atoms with Crippen LogP contribution in [0.1, 0.15) is 16.7 Å². The molecule has 0 spiro atoms. The van der Waals surface area contributed by atoms with Crippen molar-refractivity contribution in [1.82, 2.24) is 4.90 Å². The van der Waals surface area contributed by atoms with Crippen LogP contribution in [-0.4, -0.2) is 58.2 Å². The molecule has 174 valence electrons. The van der Waals surface area contributed by atoms with E-state index in [1.165, 1.54) is 6.07 Å². The summed E-state index contributed by atoms with van der Waals surface area (Å²) < 4.78 is 64.9. The third-order valence-corrected chi connectivity index (χ3v) is 6.61. The SMILES string of the molecule is Cc1ccc(C)c(N(CC(=O)N2CCN(c3cccc(C(F)(F)F)c3)CC2)S(C)(=O)=O)c1. The van der Waals surface area contributed by atoms with Gasteiger partial charge in [-0.05, 0) is 49.2 Å². The molecule has 2 aromatic rings. The smallest absolute Gasteiger partial charge is 0.368 e. The molecule has 0 aromatic heterocycles. The van der Waals surface area contributed by atoms with Crippen LogP contribution in [0.4, 0.5) is 24.5 Å². The maximum absolute atomic E-state index is 13.0. The van der Waals surface area contributed by atoms with Crippen molar-refractivity contribution < 1.29 is 26.4 Å². The largest absolute Gasteiger partial charge is 0.416 e. The van der Waals surface area contributed by atoms with E-state index < -0.39 is 21.8 Å². The lowest BCUT2D eigenvalue weighted by Crippen LogP contribution is -2.52. The Morgan fingerprint density at radius 1 is 1.03 bits per heavy atom. The van der Waals surface area contributed by atoms with Gasteiger partial charge in [0.25, 0.3) is 0 Å². The highest BCUT2D eigenvalue weighted by Crippen LogP contribution is 2.32. The van der Waals surface area contributed by atoms with E-state index in [9.17, 15) is 26.4 Å². The molecular weight excluding hydrogens is 443 g/mol. The second kappa shape index (κ2) is 9.01. The Bertz CT molecular complexity index is 1100. The highest BCUT2D eigenvalue weighted by atomic mass is 32.2. The molecule has 0 radical (unpaired) electrons. The Balaban J connectivity index is 1.70. The maximum Gasteiger partial charge on any atom is 0.416 e. The lowest BCUT2D eigenvalue weighted by atomic mass is 10.1. The summed E-state index contributed by atoms with van der Waals surface area (Å²) in [6, 6.07) is 10.5. The topological polar surface area (TPSA) is 60.9 Å². The lowest BCUT2D eigenvalue weighted by Gasteiger charge is -2.37. The summed E-state index contributed by atoms with van der Waals surface area (Å²) in [6.07, 6.45) is -3.36. The number of piperazine rings is 1. The molecule has 1 aliphatic heterocycles. The Kier molecular flexibility index (Phi) is 6.73. The first kappa shape index (κ1) is 23.9. The first-order valence-corrected chi connectivity index (χ1v) is 12.0. The zero-order valence-corrected chi connectivity index (χ0v) is 19.0. The molecule has 1 aliphatic rings. The summed E-state index contributed by atoms with van der Waals surface area (Å²) in [4.78, 5) is 16.2. The molecule has 1 heterocycles. The fourth-order valence-electron chi connectivity index (χ4n) is 3.69. The molecule has 3 rings (SSSR count). The molecule has 32 heavy (non-hydrogen) atoms. The van der Waals surface area contributed by atoms with Crippen LogP contribution < -0.4 is 9.21 Å². The zero-order valence-electron chi connectivity index (χ0n) is 18.2. The van der Waals surface area contributed by atoms with Crippen molar-refractivity contribution in [1.29, 1.82) is 0 Å². The van der Waals surface area contributed by atoms with Crippen molar-refractivity contribution in [2.24, 2.45) is 0 Å². The van der Waals surface area contributed by atoms with Crippen LogP contribution in [0.15, 0.2) is 42.5 Å². The number of carbonyl (C=O) groups excluding carboxylic acids is 1. The van der Waals surface area contributed by atoms with Gasteiger partial charge in [0.05, 0.1) is 17.5 Å². The van der Waals surface area contributed by atoms with E-state index in [1.54, 1.807) is 34.9 Å². The number of carbonyl (C=O) groups is 1. The second-order valence-electron chi connectivity index (χ2n) is 7.98. The summed E-state index contributed by atoms with van der Waals surface area (Å²) >= 11 is 0. The van der Waals surface area contributed by atoms with Crippen LogP contribution in [-0.2, 0) is 21.0 Å². The maximum atomic E-state index is 13.0. The van der Waals surface area contributed by atoms with Crippen LogP contribution in [0.5, 0.6) is 0 Å². The number of sulfonamides is 1. The molecular formula is C22H26F3N3O3S. The average molecular weight is 470 g/mol. The number of rotatable bonds is 5. The number of hydrogen-bond acceptors (Lipinski definition) is 4. The number of aryl methyl sites for hydroxylation is 2. The van der Waals surface area contributed by atoms with Gasteiger partial charge in [-0.2, -0.15) is 13.2 Å². The molecule has 0 bridgehead atoms. The Hall–Kier alpha value is -2.75. The molecule has 0 unspecified atom stereocenters. The van der Waals surface area contributed by atoms with Crippen LogP contribution in [0.3, 0.4) is 0 Å². The van der Waals surface area contributed by atoms with E-state index in [4.69, 9.17) is 0 Å². The fourth-order valence-corrected chi connectivity index (χ4v) is 4.58. The van der Waals surface area contributed by atoms with Crippen LogP contribution in [0, 0.1) is 13.8 Å². The van der Waals surface area contributed by atoms with Crippen molar-refractivity contribution in [3.05, 3.63) is 59.2 Å². The number of nitrogens with zero attached hydrogens (tertiary/aromatic N) is 3. The molecule has 1 saturated heterocycles. The Morgan fingerprint density at radius 3 is 2.28 bits per heavy atom. The molecule has 0 aliphatic carbocycles. The van der Waals surface area contributed by atoms with E-state index in [-0.39, 0.29) is 12.5 Å². The molecule has 0 N–H and O–H groups in total. The van der Waals surface area contributed by atoms with Crippen LogP contribution in [0.2, 0.25) is 0 Å². The number of hydrogen-bond donors (Lipinski definition) is 0. The zero-order chi connectivity index (χ0) is 23.7. The van der Waals surface area contributed by atoms with Gasteiger partial charge in [-0.3, -0.25) is 9.10 Å². The summed E-state index contributed by atoms with van der Waals surface area (Å²) in [5, 5.41) is 0. The van der Waals surface area contributed by atoms with E-state index in [2.05, 4.69) is 0 Å². The first-order valence-electron chi connectivity index (χ1n) is 10.1. The average Bonchev–Trinajstić information content (AvgIpc) is 2.72. The minimum Gasteiger partial charge on any atom is -0.368 e. The van der Waals surface area contributed by atoms with Crippen molar-refractivity contribution in [3.63, 3.8) is 0 Å². The first-order chi connectivity index (χ1) is 14.9. The van der Waals surface area contributed by atoms with Gasteiger partial charge < -0.3 is 9.80 Å². The minimum absolute atomic E-state index is 0.291. The quantitative estimate of drug-likeness (QED) is 0.673. The van der Waals surface area contributed by atoms with E-state index in [0.717, 1.165) is 33.8 Å². The van der Waals surface area contributed by atoms with Gasteiger partial charge in [0.1, 0.15) is 6.54 Å². The number of anilines is 2. The predicted octanol–water partition coefficient (Wildman–Crippen LogP) is 3.44. The highest BCUT2D eigenvalue weighted by Gasteiger charge is 2.32. The van der Waals surface area contributed by atoms with Gasteiger partial charge in [-0.25, -0.2) is 8.42 Å². The number of alkyl halides is 3. The Morgan fingerprint density at radius 2 is 1.69 bits per heavy atom. The predicted molar refractivity (Wildman–Crippen MR) is 118 cm³/mol. The Labute approximate surface area is 186 Å². The molecule has 2 aromatic carbocycles. The second-order valence-corrected chi connectivity index (χ2v) is 9.88. The van der Waals surface area contributed by atoms with Gasteiger partial charge in [-0.1, -0.05) is 18.2 Å². The normalized spacial score (nSPS) is 15.1. The van der Waals surface area contributed by atoms with Crippen molar-refractivity contribution in [2.45, 2.75) is 20.0 Å². The third-order valence-electron chi connectivity index (χ3n) is 5.48. The van der Waals surface area contributed by atoms with Crippen molar-refractivity contribution in [3.8, 4) is 0 Å². The fraction of sp³-hybridized carbons (Fsp3) is 0.409. The van der Waals surface area contributed by atoms with E-state index in [0.29, 0.717) is 37.6 Å². The van der Waals surface area contributed by atoms with Gasteiger partial charge in [0.2, 0.25) is 15.9 Å². The number of benzene rings is 2. The van der Waals surface area contributed by atoms with Crippen molar-refractivity contribution in [2.75, 3.05) is 48.2 Å². The summed E-state index contributed by atoms with van der Waals surface area (Å²) in [7, 11) is -3.69. The van der Waals surface area contributed by atoms with E-state index >= 15 is 0 Å². The lowest BCUT2D eigenvalue weighted by molar-refractivity contribution is -0.137. The molecule has 0 saturated carbocycles. The highest BCUT2D eigenvalue weighted by molar-refractivity contribution is 7.92. The number of amides is 1. The minimum atomic E-state index is -4.42. The number of halogens is 3. The summed E-state index contributed by atoms with van der Waals surface area (Å²) in [5.41, 5.74) is 1.80. The molecule has 1 amide bonds.